The highest BCUT2D eigenvalue weighted by Gasteiger charge is 2.45. The molecule has 2 aliphatic rings. The summed E-state index contributed by atoms with van der Waals surface area (Å²) in [7, 11) is 0. The van der Waals surface area contributed by atoms with Crippen molar-refractivity contribution < 1.29 is 9.13 Å². The summed E-state index contributed by atoms with van der Waals surface area (Å²) in [6.07, 6.45) is 3.48. The van der Waals surface area contributed by atoms with Gasteiger partial charge >= 0.3 is 0 Å². The Hall–Kier alpha value is -2.05. The lowest BCUT2D eigenvalue weighted by Crippen LogP contribution is -2.33. The number of anilines is 1. The average Bonchev–Trinajstić information content (AvgIpc) is 3.16. The summed E-state index contributed by atoms with van der Waals surface area (Å²) in [4.78, 5) is 11.1. The lowest BCUT2D eigenvalue weighted by Gasteiger charge is -2.23. The number of aromatic nitrogens is 2. The second-order valence-corrected chi connectivity index (χ2v) is 7.10. The van der Waals surface area contributed by atoms with E-state index in [2.05, 4.69) is 32.3 Å². The van der Waals surface area contributed by atoms with E-state index in [1.165, 1.54) is 6.07 Å². The van der Waals surface area contributed by atoms with E-state index < -0.39 is 0 Å². The fourth-order valence-corrected chi connectivity index (χ4v) is 3.89. The van der Waals surface area contributed by atoms with Crippen LogP contribution in [0.2, 0.25) is 0 Å². The highest BCUT2D eigenvalue weighted by atomic mass is 19.1. The van der Waals surface area contributed by atoms with E-state index in [9.17, 15) is 4.39 Å². The van der Waals surface area contributed by atoms with Crippen molar-refractivity contribution in [1.29, 1.82) is 0 Å². The molecule has 6 heteroatoms. The number of ether oxygens (including phenoxy) is 1. The molecule has 0 unspecified atom stereocenters. The fraction of sp³-hybridized carbons (Fsp3) is 0.474. The molecule has 2 aromatic rings. The summed E-state index contributed by atoms with van der Waals surface area (Å²) < 4.78 is 19.9. The van der Waals surface area contributed by atoms with Crippen LogP contribution in [0.25, 0.3) is 0 Å². The minimum atomic E-state index is -0.318. The molecule has 4 rings (SSSR count). The van der Waals surface area contributed by atoms with Gasteiger partial charge in [0.2, 0.25) is 0 Å². The zero-order valence-electron chi connectivity index (χ0n) is 14.4. The summed E-state index contributed by atoms with van der Waals surface area (Å²) in [6, 6.07) is 9.26. The second kappa shape index (κ2) is 6.69. The zero-order chi connectivity index (χ0) is 17.3. The fourth-order valence-electron chi connectivity index (χ4n) is 3.89. The smallest absolute Gasteiger partial charge is 0.165 e. The van der Waals surface area contributed by atoms with Gasteiger partial charge in [-0.1, -0.05) is 6.07 Å². The van der Waals surface area contributed by atoms with Gasteiger partial charge in [0, 0.05) is 37.9 Å². The maximum Gasteiger partial charge on any atom is 0.165 e. The van der Waals surface area contributed by atoms with Crippen LogP contribution >= 0.6 is 0 Å². The third-order valence-electron chi connectivity index (χ3n) is 5.04. The third-order valence-corrected chi connectivity index (χ3v) is 5.04. The molecule has 5 nitrogen and oxygen atoms in total. The Labute approximate surface area is 147 Å². The van der Waals surface area contributed by atoms with Gasteiger partial charge in [-0.25, -0.2) is 9.37 Å². The number of hydrogen-bond acceptors (Lipinski definition) is 5. The molecule has 0 radical (unpaired) electrons. The van der Waals surface area contributed by atoms with Crippen LogP contribution in [0, 0.1) is 12.7 Å². The largest absolute Gasteiger partial charge is 0.371 e. The molecule has 0 bridgehead atoms. The standard InChI is InChI=1S/C19H23FN4O/c1-14-4-2-5-15(22-14)11-24-9-7-19(13-24)10-16(12-25-19)23-18-17(20)6-3-8-21-18/h2-6,8,16H,7,9-13H2,1H3,(H,21,23)/t16-,19-/m0/s1. The molecule has 2 fully saturated rings. The molecule has 25 heavy (non-hydrogen) atoms. The number of likely N-dealkylation sites (tertiary alicyclic amines) is 1. The highest BCUT2D eigenvalue weighted by molar-refractivity contribution is 5.37. The molecule has 2 saturated heterocycles. The zero-order valence-corrected chi connectivity index (χ0v) is 14.4. The van der Waals surface area contributed by atoms with Crippen molar-refractivity contribution in [1.82, 2.24) is 14.9 Å². The highest BCUT2D eigenvalue weighted by Crippen LogP contribution is 2.36. The lowest BCUT2D eigenvalue weighted by molar-refractivity contribution is 0.0119. The van der Waals surface area contributed by atoms with Crippen LogP contribution in [0.5, 0.6) is 0 Å². The van der Waals surface area contributed by atoms with E-state index >= 15 is 0 Å². The van der Waals surface area contributed by atoms with E-state index in [0.29, 0.717) is 12.4 Å². The van der Waals surface area contributed by atoms with Crippen LogP contribution < -0.4 is 5.32 Å². The maximum atomic E-state index is 13.8. The van der Waals surface area contributed by atoms with Crippen LogP contribution in [0.1, 0.15) is 24.2 Å². The molecule has 0 aliphatic carbocycles. The Morgan fingerprint density at radius 2 is 2.28 bits per heavy atom. The van der Waals surface area contributed by atoms with Crippen molar-refractivity contribution in [3.05, 3.63) is 53.7 Å². The second-order valence-electron chi connectivity index (χ2n) is 7.10. The maximum absolute atomic E-state index is 13.8. The minimum Gasteiger partial charge on any atom is -0.371 e. The molecule has 0 amide bonds. The first kappa shape index (κ1) is 16.4. The van der Waals surface area contributed by atoms with Crippen molar-refractivity contribution in [3.8, 4) is 0 Å². The summed E-state index contributed by atoms with van der Waals surface area (Å²) in [5.41, 5.74) is 2.01. The number of nitrogens with one attached hydrogen (secondary N) is 1. The minimum absolute atomic E-state index is 0.0986. The van der Waals surface area contributed by atoms with Gasteiger partial charge in [-0.15, -0.1) is 0 Å². The van der Waals surface area contributed by atoms with E-state index in [0.717, 1.165) is 43.9 Å². The van der Waals surface area contributed by atoms with Crippen LogP contribution in [-0.2, 0) is 11.3 Å². The van der Waals surface area contributed by atoms with Crippen LogP contribution in [0.15, 0.2) is 36.5 Å². The summed E-state index contributed by atoms with van der Waals surface area (Å²) >= 11 is 0. The Bertz CT molecular complexity index is 756. The Kier molecular flexibility index (Phi) is 4.39. The van der Waals surface area contributed by atoms with Gasteiger partial charge in [-0.2, -0.15) is 0 Å². The van der Waals surface area contributed by atoms with Gasteiger partial charge < -0.3 is 10.1 Å². The summed E-state index contributed by atoms with van der Waals surface area (Å²) in [5.74, 6) is -0.00557. The first-order valence-corrected chi connectivity index (χ1v) is 8.78. The molecule has 2 atom stereocenters. The van der Waals surface area contributed by atoms with Crippen molar-refractivity contribution >= 4 is 5.82 Å². The first-order chi connectivity index (χ1) is 12.1. The number of aryl methyl sites for hydroxylation is 1. The molecule has 4 heterocycles. The quantitative estimate of drug-likeness (QED) is 0.926. The number of pyridine rings is 2. The molecule has 1 N–H and O–H groups in total. The number of rotatable bonds is 4. The van der Waals surface area contributed by atoms with Crippen molar-refractivity contribution in [2.45, 2.75) is 38.0 Å². The molecular formula is C19H23FN4O. The van der Waals surface area contributed by atoms with Gasteiger partial charge in [0.05, 0.1) is 23.9 Å². The van der Waals surface area contributed by atoms with E-state index in [4.69, 9.17) is 4.74 Å². The van der Waals surface area contributed by atoms with Gasteiger partial charge in [-0.05, 0) is 37.6 Å². The molecular weight excluding hydrogens is 319 g/mol. The Morgan fingerprint density at radius 3 is 3.12 bits per heavy atom. The van der Waals surface area contributed by atoms with Crippen molar-refractivity contribution in [2.75, 3.05) is 25.0 Å². The van der Waals surface area contributed by atoms with Crippen molar-refractivity contribution in [3.63, 3.8) is 0 Å². The lowest BCUT2D eigenvalue weighted by atomic mass is 9.97. The van der Waals surface area contributed by atoms with Crippen molar-refractivity contribution in [2.24, 2.45) is 0 Å². The van der Waals surface area contributed by atoms with E-state index in [1.807, 2.05) is 13.0 Å². The van der Waals surface area contributed by atoms with E-state index in [1.54, 1.807) is 12.3 Å². The van der Waals surface area contributed by atoms with Gasteiger partial charge in [-0.3, -0.25) is 9.88 Å². The average molecular weight is 342 g/mol. The molecule has 2 aromatic heterocycles. The van der Waals surface area contributed by atoms with Crippen LogP contribution in [0.3, 0.4) is 0 Å². The molecule has 0 aromatic carbocycles. The normalized spacial score (nSPS) is 26.4. The predicted molar refractivity (Wildman–Crippen MR) is 93.8 cm³/mol. The van der Waals surface area contributed by atoms with Crippen LogP contribution in [-0.4, -0.2) is 46.2 Å². The molecule has 2 aliphatic heterocycles. The molecule has 1 spiro atoms. The van der Waals surface area contributed by atoms with Gasteiger partial charge in [0.15, 0.2) is 11.6 Å². The van der Waals surface area contributed by atoms with Gasteiger partial charge in [0.25, 0.3) is 0 Å². The Morgan fingerprint density at radius 1 is 1.36 bits per heavy atom. The summed E-state index contributed by atoms with van der Waals surface area (Å²) in [5, 5.41) is 3.19. The Balaban J connectivity index is 1.36. The SMILES string of the molecule is Cc1cccc(CN2CC[C@]3(C[C@H](Nc4ncccc4F)CO3)C2)n1. The van der Waals surface area contributed by atoms with E-state index in [-0.39, 0.29) is 17.5 Å². The molecule has 132 valence electrons. The third kappa shape index (κ3) is 3.65. The first-order valence-electron chi connectivity index (χ1n) is 8.78. The topological polar surface area (TPSA) is 50.3 Å². The van der Waals surface area contributed by atoms with Gasteiger partial charge in [0.1, 0.15) is 0 Å². The number of halogens is 1. The summed E-state index contributed by atoms with van der Waals surface area (Å²) in [6.45, 7) is 5.35. The molecule has 0 saturated carbocycles. The monoisotopic (exact) mass is 342 g/mol. The number of nitrogens with zero attached hydrogens (tertiary/aromatic N) is 3. The predicted octanol–water partition coefficient (Wildman–Crippen LogP) is 2.77. The van der Waals surface area contributed by atoms with Crippen LogP contribution in [0.4, 0.5) is 10.2 Å². The number of hydrogen-bond donors (Lipinski definition) is 1.